The molecule has 2 atom stereocenters. The number of rotatable bonds is 7. The fourth-order valence-corrected chi connectivity index (χ4v) is 4.10. The van der Waals surface area contributed by atoms with E-state index >= 15 is 0 Å². The summed E-state index contributed by atoms with van der Waals surface area (Å²) in [6.07, 6.45) is 6.29. The van der Waals surface area contributed by atoms with E-state index in [4.69, 9.17) is 14.7 Å². The monoisotopic (exact) mass is 372 g/mol. The molecule has 6 heteroatoms. The van der Waals surface area contributed by atoms with Crippen molar-refractivity contribution in [3.8, 4) is 6.07 Å². The normalized spacial score (nSPS) is 26.2. The Morgan fingerprint density at radius 3 is 2.96 bits per heavy atom. The minimum atomic E-state index is -0.174. The molecule has 2 aliphatic rings. The van der Waals surface area contributed by atoms with Crippen LogP contribution in [0.25, 0.3) is 0 Å². The molecule has 1 spiro atoms. The molecule has 0 unspecified atom stereocenters. The van der Waals surface area contributed by atoms with Gasteiger partial charge in [-0.1, -0.05) is 26.7 Å². The van der Waals surface area contributed by atoms with Crippen molar-refractivity contribution in [2.75, 3.05) is 44.7 Å². The van der Waals surface area contributed by atoms with Gasteiger partial charge in [-0.25, -0.2) is 4.98 Å². The Balaban J connectivity index is 1.53. The zero-order valence-corrected chi connectivity index (χ0v) is 16.6. The highest BCUT2D eigenvalue weighted by Gasteiger charge is 2.43. The van der Waals surface area contributed by atoms with Gasteiger partial charge in [-0.05, 0) is 30.9 Å². The van der Waals surface area contributed by atoms with E-state index in [0.29, 0.717) is 12.2 Å². The van der Waals surface area contributed by atoms with Gasteiger partial charge in [0.2, 0.25) is 0 Å². The Morgan fingerprint density at radius 1 is 1.41 bits per heavy atom. The first-order chi connectivity index (χ1) is 13.2. The van der Waals surface area contributed by atoms with Gasteiger partial charge in [-0.2, -0.15) is 5.26 Å². The molecule has 0 radical (unpaired) electrons. The molecule has 2 saturated heterocycles. The molecule has 0 bridgehead atoms. The van der Waals surface area contributed by atoms with Crippen LogP contribution in [0, 0.1) is 17.2 Å². The van der Waals surface area contributed by atoms with Crippen molar-refractivity contribution in [2.24, 2.45) is 5.92 Å². The predicted molar refractivity (Wildman–Crippen MR) is 106 cm³/mol. The van der Waals surface area contributed by atoms with Crippen LogP contribution in [0.4, 0.5) is 5.82 Å². The van der Waals surface area contributed by atoms with Gasteiger partial charge in [0, 0.05) is 32.4 Å². The largest absolute Gasteiger partial charge is 0.377 e. The SMILES string of the molecule is CCC(CC)CN1CCOC[C@]2(CC[C@H](CNc3ccc(C#N)cn3)O2)C1. The lowest BCUT2D eigenvalue weighted by atomic mass is 9.98. The number of hydrogen-bond donors (Lipinski definition) is 1. The molecule has 0 amide bonds. The van der Waals surface area contributed by atoms with Gasteiger partial charge in [-0.15, -0.1) is 0 Å². The third kappa shape index (κ3) is 5.41. The van der Waals surface area contributed by atoms with E-state index in [2.05, 4.69) is 35.1 Å². The summed E-state index contributed by atoms with van der Waals surface area (Å²) in [4.78, 5) is 6.82. The zero-order chi connectivity index (χ0) is 19.1. The topological polar surface area (TPSA) is 70.4 Å². The molecule has 2 aliphatic heterocycles. The maximum Gasteiger partial charge on any atom is 0.126 e. The molecule has 148 valence electrons. The molecule has 0 aliphatic carbocycles. The number of aromatic nitrogens is 1. The Labute approximate surface area is 162 Å². The Kier molecular flexibility index (Phi) is 7.06. The van der Waals surface area contributed by atoms with Crippen LogP contribution in [0.2, 0.25) is 0 Å². The van der Waals surface area contributed by atoms with E-state index in [1.54, 1.807) is 12.3 Å². The maximum absolute atomic E-state index is 8.86. The molecule has 0 aromatic carbocycles. The second-order valence-electron chi connectivity index (χ2n) is 7.86. The highest BCUT2D eigenvalue weighted by Crippen LogP contribution is 2.33. The summed E-state index contributed by atoms with van der Waals surface area (Å²) in [6, 6.07) is 5.71. The fourth-order valence-electron chi connectivity index (χ4n) is 4.10. The summed E-state index contributed by atoms with van der Waals surface area (Å²) in [5, 5.41) is 12.2. The number of hydrogen-bond acceptors (Lipinski definition) is 6. The molecule has 1 aromatic heterocycles. The zero-order valence-electron chi connectivity index (χ0n) is 16.6. The average Bonchev–Trinajstić information content (AvgIpc) is 2.99. The van der Waals surface area contributed by atoms with E-state index in [1.165, 1.54) is 12.8 Å². The van der Waals surface area contributed by atoms with Crippen LogP contribution >= 0.6 is 0 Å². The standard InChI is InChI=1S/C21H32N4O2/c1-3-17(4-2)14-25-9-10-26-16-21(15-25)8-7-19(27-21)13-24-20-6-5-18(11-22)12-23-20/h5-6,12,17,19H,3-4,7-10,13-16H2,1-2H3,(H,23,24)/t19-,21+/m1/s1. The van der Waals surface area contributed by atoms with E-state index in [1.807, 2.05) is 6.07 Å². The molecular formula is C21H32N4O2. The molecule has 6 nitrogen and oxygen atoms in total. The van der Waals surface area contributed by atoms with Crippen molar-refractivity contribution < 1.29 is 9.47 Å². The van der Waals surface area contributed by atoms with Crippen LogP contribution in [0.15, 0.2) is 18.3 Å². The molecular weight excluding hydrogens is 340 g/mol. The van der Waals surface area contributed by atoms with Gasteiger partial charge < -0.3 is 14.8 Å². The quantitative estimate of drug-likeness (QED) is 0.793. The van der Waals surface area contributed by atoms with Gasteiger partial charge >= 0.3 is 0 Å². The molecule has 0 saturated carbocycles. The number of pyridine rings is 1. The number of ether oxygens (including phenoxy) is 2. The number of anilines is 1. The summed E-state index contributed by atoms with van der Waals surface area (Å²) in [7, 11) is 0. The summed E-state index contributed by atoms with van der Waals surface area (Å²) in [6.45, 7) is 9.88. The van der Waals surface area contributed by atoms with Gasteiger partial charge in [0.1, 0.15) is 17.5 Å². The highest BCUT2D eigenvalue weighted by atomic mass is 16.6. The average molecular weight is 373 g/mol. The Hall–Kier alpha value is -1.68. The number of nitrogens with one attached hydrogen (secondary N) is 1. The minimum Gasteiger partial charge on any atom is -0.377 e. The van der Waals surface area contributed by atoms with Crippen molar-refractivity contribution in [1.29, 1.82) is 5.26 Å². The van der Waals surface area contributed by atoms with Gasteiger partial charge in [0.15, 0.2) is 0 Å². The lowest BCUT2D eigenvalue weighted by molar-refractivity contribution is -0.0828. The highest BCUT2D eigenvalue weighted by molar-refractivity contribution is 5.39. The Morgan fingerprint density at radius 2 is 2.26 bits per heavy atom. The van der Waals surface area contributed by atoms with Crippen molar-refractivity contribution >= 4 is 5.82 Å². The van der Waals surface area contributed by atoms with Crippen molar-refractivity contribution in [1.82, 2.24) is 9.88 Å². The van der Waals surface area contributed by atoms with Crippen molar-refractivity contribution in [3.63, 3.8) is 0 Å². The van der Waals surface area contributed by atoms with Crippen LogP contribution in [-0.4, -0.2) is 61.0 Å². The third-order valence-corrected chi connectivity index (χ3v) is 5.84. The van der Waals surface area contributed by atoms with Crippen LogP contribution in [-0.2, 0) is 9.47 Å². The lowest BCUT2D eigenvalue weighted by Gasteiger charge is -2.33. The minimum absolute atomic E-state index is 0.166. The smallest absolute Gasteiger partial charge is 0.126 e. The molecule has 1 N–H and O–H groups in total. The third-order valence-electron chi connectivity index (χ3n) is 5.84. The second kappa shape index (κ2) is 9.50. The molecule has 27 heavy (non-hydrogen) atoms. The van der Waals surface area contributed by atoms with Crippen LogP contribution < -0.4 is 5.32 Å². The summed E-state index contributed by atoms with van der Waals surface area (Å²) < 4.78 is 12.4. The fraction of sp³-hybridized carbons (Fsp3) is 0.714. The number of nitrogens with zero attached hydrogens (tertiary/aromatic N) is 3. The van der Waals surface area contributed by atoms with Crippen LogP contribution in [0.1, 0.15) is 45.1 Å². The summed E-state index contributed by atoms with van der Waals surface area (Å²) in [5.74, 6) is 1.53. The molecule has 1 aromatic rings. The first-order valence-corrected chi connectivity index (χ1v) is 10.2. The number of nitriles is 1. The predicted octanol–water partition coefficient (Wildman–Crippen LogP) is 3.05. The summed E-state index contributed by atoms with van der Waals surface area (Å²) >= 11 is 0. The first kappa shape index (κ1) is 20.1. The van der Waals surface area contributed by atoms with E-state index in [0.717, 1.165) is 57.4 Å². The molecule has 3 heterocycles. The lowest BCUT2D eigenvalue weighted by Crippen LogP contribution is -2.46. The van der Waals surface area contributed by atoms with E-state index < -0.39 is 0 Å². The summed E-state index contributed by atoms with van der Waals surface area (Å²) in [5.41, 5.74) is 0.400. The van der Waals surface area contributed by atoms with Gasteiger partial charge in [-0.3, -0.25) is 4.90 Å². The first-order valence-electron chi connectivity index (χ1n) is 10.2. The van der Waals surface area contributed by atoms with Crippen LogP contribution in [0.5, 0.6) is 0 Å². The second-order valence-corrected chi connectivity index (χ2v) is 7.86. The van der Waals surface area contributed by atoms with Gasteiger partial charge in [0.25, 0.3) is 0 Å². The van der Waals surface area contributed by atoms with Gasteiger partial charge in [0.05, 0.1) is 24.9 Å². The van der Waals surface area contributed by atoms with Crippen LogP contribution in [0.3, 0.4) is 0 Å². The Bertz CT molecular complexity index is 626. The van der Waals surface area contributed by atoms with E-state index in [-0.39, 0.29) is 11.7 Å². The molecule has 2 fully saturated rings. The molecule has 3 rings (SSSR count). The maximum atomic E-state index is 8.86. The van der Waals surface area contributed by atoms with E-state index in [9.17, 15) is 0 Å². The van der Waals surface area contributed by atoms with Crippen molar-refractivity contribution in [2.45, 2.75) is 51.2 Å². The van der Waals surface area contributed by atoms with Crippen molar-refractivity contribution in [3.05, 3.63) is 23.9 Å².